The zero-order chi connectivity index (χ0) is 11.9. The first kappa shape index (κ1) is 10.7. The van der Waals surface area contributed by atoms with E-state index in [4.69, 9.17) is 4.42 Å². The van der Waals surface area contributed by atoms with Crippen molar-refractivity contribution in [1.82, 2.24) is 4.98 Å². The molecule has 0 aliphatic rings. The Morgan fingerprint density at radius 2 is 2.12 bits per heavy atom. The topological polar surface area (TPSA) is 63.3 Å². The molecular weight excluding hydrogens is 206 g/mol. The maximum atomic E-state index is 11.3. The highest BCUT2D eigenvalue weighted by Gasteiger charge is 2.28. The SMILES string of the molecule is CC(C)(C)c1oc2cnccc2c1C(=O)O. The first-order chi connectivity index (χ1) is 7.41. The van der Waals surface area contributed by atoms with Crippen molar-refractivity contribution in [2.45, 2.75) is 26.2 Å². The highest BCUT2D eigenvalue weighted by atomic mass is 16.4. The summed E-state index contributed by atoms with van der Waals surface area (Å²) in [5.41, 5.74) is 0.418. The quantitative estimate of drug-likeness (QED) is 0.801. The summed E-state index contributed by atoms with van der Waals surface area (Å²) in [5, 5.41) is 9.84. The van der Waals surface area contributed by atoms with Crippen molar-refractivity contribution in [2.75, 3.05) is 0 Å². The van der Waals surface area contributed by atoms with Crippen molar-refractivity contribution in [1.29, 1.82) is 0 Å². The van der Waals surface area contributed by atoms with Crippen molar-refractivity contribution in [3.8, 4) is 0 Å². The molecule has 0 amide bonds. The smallest absolute Gasteiger partial charge is 0.339 e. The summed E-state index contributed by atoms with van der Waals surface area (Å²) in [6.45, 7) is 5.76. The summed E-state index contributed by atoms with van der Waals surface area (Å²) < 4.78 is 5.58. The molecule has 4 heteroatoms. The Kier molecular flexibility index (Phi) is 2.22. The number of pyridine rings is 1. The molecule has 0 saturated heterocycles. The third kappa shape index (κ3) is 1.56. The van der Waals surface area contributed by atoms with Crippen LogP contribution in [0.5, 0.6) is 0 Å². The van der Waals surface area contributed by atoms with Crippen LogP contribution in [0.2, 0.25) is 0 Å². The van der Waals surface area contributed by atoms with Gasteiger partial charge in [-0.15, -0.1) is 0 Å². The molecule has 16 heavy (non-hydrogen) atoms. The van der Waals surface area contributed by atoms with Crippen LogP contribution in [0.3, 0.4) is 0 Å². The van der Waals surface area contributed by atoms with E-state index in [1.54, 1.807) is 12.3 Å². The molecule has 0 spiro atoms. The van der Waals surface area contributed by atoms with Crippen LogP contribution < -0.4 is 0 Å². The fourth-order valence-corrected chi connectivity index (χ4v) is 1.69. The minimum atomic E-state index is -0.963. The zero-order valence-electron chi connectivity index (χ0n) is 9.44. The number of aromatic nitrogens is 1. The minimum Gasteiger partial charge on any atom is -0.478 e. The third-order valence-corrected chi connectivity index (χ3v) is 2.39. The molecule has 2 heterocycles. The fourth-order valence-electron chi connectivity index (χ4n) is 1.69. The second-order valence-corrected chi connectivity index (χ2v) is 4.73. The van der Waals surface area contributed by atoms with E-state index in [-0.39, 0.29) is 11.0 Å². The molecule has 0 atom stereocenters. The van der Waals surface area contributed by atoms with E-state index >= 15 is 0 Å². The average molecular weight is 219 g/mol. The number of carbonyl (C=O) groups is 1. The largest absolute Gasteiger partial charge is 0.478 e. The first-order valence-electron chi connectivity index (χ1n) is 5.01. The van der Waals surface area contributed by atoms with Gasteiger partial charge in [0.05, 0.1) is 6.20 Å². The average Bonchev–Trinajstić information content (AvgIpc) is 2.55. The Hall–Kier alpha value is -1.84. The fraction of sp³-hybridized carbons (Fsp3) is 0.333. The second kappa shape index (κ2) is 3.33. The van der Waals surface area contributed by atoms with Crippen LogP contribution in [-0.4, -0.2) is 16.1 Å². The van der Waals surface area contributed by atoms with E-state index in [0.717, 1.165) is 0 Å². The van der Waals surface area contributed by atoms with Crippen molar-refractivity contribution in [3.05, 3.63) is 29.8 Å². The predicted molar refractivity (Wildman–Crippen MR) is 59.7 cm³/mol. The number of nitrogens with zero attached hydrogens (tertiary/aromatic N) is 1. The monoisotopic (exact) mass is 219 g/mol. The normalized spacial score (nSPS) is 11.9. The molecule has 84 valence electrons. The molecule has 2 aromatic heterocycles. The molecular formula is C12H13NO3. The number of rotatable bonds is 1. The molecule has 0 aromatic carbocycles. The van der Waals surface area contributed by atoms with Crippen molar-refractivity contribution < 1.29 is 14.3 Å². The highest BCUT2D eigenvalue weighted by molar-refractivity contribution is 6.03. The van der Waals surface area contributed by atoms with Crippen LogP contribution in [0.4, 0.5) is 0 Å². The lowest BCUT2D eigenvalue weighted by molar-refractivity contribution is 0.0694. The molecule has 0 unspecified atom stereocenters. The summed E-state index contributed by atoms with van der Waals surface area (Å²) in [4.78, 5) is 15.2. The molecule has 0 radical (unpaired) electrons. The Morgan fingerprint density at radius 3 is 2.69 bits per heavy atom. The molecule has 0 fully saturated rings. The van der Waals surface area contributed by atoms with E-state index in [0.29, 0.717) is 16.7 Å². The van der Waals surface area contributed by atoms with Gasteiger partial charge in [0.2, 0.25) is 0 Å². The standard InChI is InChI=1S/C12H13NO3/c1-12(2,3)10-9(11(14)15)7-4-5-13-6-8(7)16-10/h4-6H,1-3H3,(H,14,15). The molecule has 2 aromatic rings. The minimum absolute atomic E-state index is 0.241. The Balaban J connectivity index is 2.84. The van der Waals surface area contributed by atoms with Crippen LogP contribution in [0.1, 0.15) is 36.9 Å². The number of furan rings is 1. The van der Waals surface area contributed by atoms with Gasteiger partial charge in [-0.1, -0.05) is 20.8 Å². The van der Waals surface area contributed by atoms with Gasteiger partial charge in [-0.3, -0.25) is 4.98 Å². The van der Waals surface area contributed by atoms with Crippen molar-refractivity contribution >= 4 is 16.9 Å². The van der Waals surface area contributed by atoms with Crippen LogP contribution >= 0.6 is 0 Å². The van der Waals surface area contributed by atoms with Crippen LogP contribution in [0.25, 0.3) is 11.0 Å². The first-order valence-corrected chi connectivity index (χ1v) is 5.01. The molecule has 0 aliphatic carbocycles. The van der Waals surface area contributed by atoms with Gasteiger partial charge in [0.15, 0.2) is 5.58 Å². The second-order valence-electron chi connectivity index (χ2n) is 4.73. The highest BCUT2D eigenvalue weighted by Crippen LogP contribution is 2.33. The zero-order valence-corrected chi connectivity index (χ0v) is 9.44. The van der Waals surface area contributed by atoms with E-state index < -0.39 is 5.97 Å². The summed E-state index contributed by atoms with van der Waals surface area (Å²) >= 11 is 0. The van der Waals surface area contributed by atoms with Crippen molar-refractivity contribution in [2.24, 2.45) is 0 Å². The number of hydrogen-bond acceptors (Lipinski definition) is 3. The van der Waals surface area contributed by atoms with Gasteiger partial charge in [-0.05, 0) is 6.07 Å². The van der Waals surface area contributed by atoms with E-state index in [1.807, 2.05) is 20.8 Å². The molecule has 1 N–H and O–H groups in total. The lowest BCUT2D eigenvalue weighted by Crippen LogP contribution is -2.14. The number of aromatic carboxylic acids is 1. The van der Waals surface area contributed by atoms with Gasteiger partial charge in [0, 0.05) is 17.0 Å². The maximum absolute atomic E-state index is 11.3. The molecule has 0 aliphatic heterocycles. The Morgan fingerprint density at radius 1 is 1.44 bits per heavy atom. The van der Waals surface area contributed by atoms with Gasteiger partial charge in [-0.25, -0.2) is 4.79 Å². The number of carboxylic acids is 1. The lowest BCUT2D eigenvalue weighted by Gasteiger charge is -2.15. The van der Waals surface area contributed by atoms with Gasteiger partial charge >= 0.3 is 5.97 Å². The predicted octanol–water partition coefficient (Wildman–Crippen LogP) is 2.82. The van der Waals surface area contributed by atoms with Gasteiger partial charge in [-0.2, -0.15) is 0 Å². The van der Waals surface area contributed by atoms with Gasteiger partial charge < -0.3 is 9.52 Å². The van der Waals surface area contributed by atoms with Crippen LogP contribution in [-0.2, 0) is 5.41 Å². The van der Waals surface area contributed by atoms with Crippen LogP contribution in [0.15, 0.2) is 22.9 Å². The van der Waals surface area contributed by atoms with E-state index in [9.17, 15) is 9.90 Å². The molecule has 0 bridgehead atoms. The van der Waals surface area contributed by atoms with Gasteiger partial charge in [0.25, 0.3) is 0 Å². The maximum Gasteiger partial charge on any atom is 0.339 e. The van der Waals surface area contributed by atoms with Gasteiger partial charge in [0.1, 0.15) is 11.3 Å². The Labute approximate surface area is 92.9 Å². The van der Waals surface area contributed by atoms with E-state index in [1.165, 1.54) is 6.20 Å². The molecule has 4 nitrogen and oxygen atoms in total. The van der Waals surface area contributed by atoms with Crippen LogP contribution in [0, 0.1) is 0 Å². The summed E-state index contributed by atoms with van der Waals surface area (Å²) in [7, 11) is 0. The lowest BCUT2D eigenvalue weighted by atomic mass is 9.90. The number of fused-ring (bicyclic) bond motifs is 1. The molecule has 0 saturated carbocycles. The van der Waals surface area contributed by atoms with Crippen molar-refractivity contribution in [3.63, 3.8) is 0 Å². The number of hydrogen-bond donors (Lipinski definition) is 1. The summed E-state index contributed by atoms with van der Waals surface area (Å²) in [5.74, 6) is -0.474. The Bertz CT molecular complexity index is 549. The number of carboxylic acid groups (broad SMARTS) is 1. The molecule has 2 rings (SSSR count). The summed E-state index contributed by atoms with van der Waals surface area (Å²) in [6.07, 6.45) is 3.10. The summed E-state index contributed by atoms with van der Waals surface area (Å²) in [6, 6.07) is 1.66. The third-order valence-electron chi connectivity index (χ3n) is 2.39. The van der Waals surface area contributed by atoms with E-state index in [2.05, 4.69) is 4.98 Å².